The molecule has 0 fully saturated rings. The van der Waals surface area contributed by atoms with Crippen molar-refractivity contribution in [1.82, 2.24) is 0 Å². The smallest absolute Gasteiger partial charge is 0.221 e. The van der Waals surface area contributed by atoms with Crippen LogP contribution in [0.2, 0.25) is 0 Å². The molecule has 1 rings (SSSR count). The van der Waals surface area contributed by atoms with E-state index in [0.717, 1.165) is 3.57 Å². The van der Waals surface area contributed by atoms with Crippen LogP contribution < -0.4 is 5.32 Å². The lowest BCUT2D eigenvalue weighted by Crippen LogP contribution is -2.07. The number of halogens is 1. The van der Waals surface area contributed by atoms with Crippen LogP contribution in [0.1, 0.15) is 24.2 Å². The molecule has 0 saturated heterocycles. The largest absolute Gasteiger partial charge is 0.326 e. The highest BCUT2D eigenvalue weighted by Gasteiger charge is 2.04. The highest BCUT2D eigenvalue weighted by Crippen LogP contribution is 2.17. The Kier molecular flexibility index (Phi) is 3.62. The number of carbonyl (C=O) groups is 2. The van der Waals surface area contributed by atoms with Gasteiger partial charge in [-0.1, -0.05) is 0 Å². The maximum absolute atomic E-state index is 11.1. The molecular weight excluding hydrogens is 293 g/mol. The summed E-state index contributed by atoms with van der Waals surface area (Å²) in [6.45, 7) is 2.94. The topological polar surface area (TPSA) is 46.2 Å². The summed E-state index contributed by atoms with van der Waals surface area (Å²) in [6, 6.07) is 5.27. The van der Waals surface area contributed by atoms with E-state index in [1.807, 2.05) is 6.07 Å². The molecule has 74 valence electrons. The number of hydrogen-bond donors (Lipinski definition) is 1. The standard InChI is InChI=1S/C10H10INO2/c1-6(13)8-3-9(11)5-10(4-8)12-7(2)14/h3-5H,1-2H3,(H,12,14). The second kappa shape index (κ2) is 4.54. The van der Waals surface area contributed by atoms with Gasteiger partial charge in [-0.2, -0.15) is 0 Å². The molecule has 3 nitrogen and oxygen atoms in total. The monoisotopic (exact) mass is 303 g/mol. The Morgan fingerprint density at radius 2 is 1.86 bits per heavy atom. The van der Waals surface area contributed by atoms with E-state index in [2.05, 4.69) is 27.9 Å². The minimum Gasteiger partial charge on any atom is -0.326 e. The number of hydrogen-bond acceptors (Lipinski definition) is 2. The molecule has 1 amide bonds. The van der Waals surface area contributed by atoms with Gasteiger partial charge in [-0.15, -0.1) is 0 Å². The molecule has 1 aromatic carbocycles. The molecular formula is C10H10INO2. The van der Waals surface area contributed by atoms with E-state index in [4.69, 9.17) is 0 Å². The molecule has 14 heavy (non-hydrogen) atoms. The normalized spacial score (nSPS) is 9.64. The molecule has 1 aromatic rings. The molecule has 0 radical (unpaired) electrons. The van der Waals surface area contributed by atoms with Crippen molar-refractivity contribution >= 4 is 40.0 Å². The summed E-state index contributed by atoms with van der Waals surface area (Å²) in [5, 5.41) is 2.64. The average Bonchev–Trinajstić information content (AvgIpc) is 2.01. The van der Waals surface area contributed by atoms with Gasteiger partial charge >= 0.3 is 0 Å². The van der Waals surface area contributed by atoms with Gasteiger partial charge in [-0.05, 0) is 47.7 Å². The van der Waals surface area contributed by atoms with Gasteiger partial charge in [0.1, 0.15) is 0 Å². The van der Waals surface area contributed by atoms with Crippen molar-refractivity contribution in [3.05, 3.63) is 27.3 Å². The molecule has 0 aromatic heterocycles. The summed E-state index contributed by atoms with van der Waals surface area (Å²) in [4.78, 5) is 21.9. The van der Waals surface area contributed by atoms with Crippen molar-refractivity contribution in [2.24, 2.45) is 0 Å². The zero-order chi connectivity index (χ0) is 10.7. The third-order valence-electron chi connectivity index (χ3n) is 1.62. The first-order valence-corrected chi connectivity index (χ1v) is 5.16. The molecule has 0 aliphatic heterocycles. The van der Waals surface area contributed by atoms with Crippen molar-refractivity contribution in [2.75, 3.05) is 5.32 Å². The van der Waals surface area contributed by atoms with E-state index in [1.54, 1.807) is 12.1 Å². The Balaban J connectivity index is 3.07. The van der Waals surface area contributed by atoms with Crippen LogP contribution in [0.4, 0.5) is 5.69 Å². The highest BCUT2D eigenvalue weighted by atomic mass is 127. The van der Waals surface area contributed by atoms with Gasteiger partial charge in [-0.3, -0.25) is 9.59 Å². The van der Waals surface area contributed by atoms with Crippen LogP contribution in [0.5, 0.6) is 0 Å². The summed E-state index contributed by atoms with van der Waals surface area (Å²) < 4.78 is 0.930. The first kappa shape index (κ1) is 11.2. The van der Waals surface area contributed by atoms with Crippen LogP contribution in [0, 0.1) is 3.57 Å². The number of nitrogens with one attached hydrogen (secondary N) is 1. The third-order valence-corrected chi connectivity index (χ3v) is 2.25. The average molecular weight is 303 g/mol. The lowest BCUT2D eigenvalue weighted by Gasteiger charge is -2.04. The molecule has 4 heteroatoms. The Hall–Kier alpha value is -0.910. The highest BCUT2D eigenvalue weighted by molar-refractivity contribution is 14.1. The molecule has 0 aliphatic carbocycles. The van der Waals surface area contributed by atoms with Gasteiger partial charge in [-0.25, -0.2) is 0 Å². The number of ketones is 1. The van der Waals surface area contributed by atoms with Gasteiger partial charge in [0.15, 0.2) is 5.78 Å². The van der Waals surface area contributed by atoms with Gasteiger partial charge in [0, 0.05) is 21.7 Å². The number of carbonyl (C=O) groups excluding carboxylic acids is 2. The van der Waals surface area contributed by atoms with E-state index in [-0.39, 0.29) is 11.7 Å². The van der Waals surface area contributed by atoms with Crippen LogP contribution in [0.3, 0.4) is 0 Å². The predicted molar refractivity (Wildman–Crippen MR) is 63.5 cm³/mol. The fraction of sp³-hybridized carbons (Fsp3) is 0.200. The van der Waals surface area contributed by atoms with E-state index < -0.39 is 0 Å². The van der Waals surface area contributed by atoms with E-state index in [1.165, 1.54) is 13.8 Å². The zero-order valence-electron chi connectivity index (χ0n) is 7.93. The van der Waals surface area contributed by atoms with E-state index >= 15 is 0 Å². The van der Waals surface area contributed by atoms with Gasteiger partial charge in [0.25, 0.3) is 0 Å². The Bertz CT molecular complexity index is 388. The molecule has 1 N–H and O–H groups in total. The molecule has 0 bridgehead atoms. The van der Waals surface area contributed by atoms with Crippen LogP contribution in [0.15, 0.2) is 18.2 Å². The summed E-state index contributed by atoms with van der Waals surface area (Å²) in [6.07, 6.45) is 0. The molecule has 0 aliphatic rings. The van der Waals surface area contributed by atoms with Crippen LogP contribution >= 0.6 is 22.6 Å². The SMILES string of the molecule is CC(=O)Nc1cc(I)cc(C(C)=O)c1. The van der Waals surface area contributed by atoms with Gasteiger partial charge in [0.2, 0.25) is 5.91 Å². The second-order valence-electron chi connectivity index (χ2n) is 2.97. The lowest BCUT2D eigenvalue weighted by molar-refractivity contribution is -0.114. The number of anilines is 1. The van der Waals surface area contributed by atoms with Crippen molar-refractivity contribution in [1.29, 1.82) is 0 Å². The number of rotatable bonds is 2. The quantitative estimate of drug-likeness (QED) is 0.674. The van der Waals surface area contributed by atoms with Crippen LogP contribution in [0.25, 0.3) is 0 Å². The second-order valence-corrected chi connectivity index (χ2v) is 4.21. The minimum atomic E-state index is -0.137. The van der Waals surface area contributed by atoms with Crippen LogP contribution in [-0.2, 0) is 4.79 Å². The van der Waals surface area contributed by atoms with E-state index in [9.17, 15) is 9.59 Å². The summed E-state index contributed by atoms with van der Waals surface area (Å²) in [5.41, 5.74) is 1.27. The summed E-state index contributed by atoms with van der Waals surface area (Å²) in [5.74, 6) is -0.142. The number of amides is 1. The van der Waals surface area contributed by atoms with Crippen molar-refractivity contribution in [3.8, 4) is 0 Å². The number of Topliss-reactive ketones (excluding diaryl/α,β-unsaturated/α-hetero) is 1. The van der Waals surface area contributed by atoms with Crippen molar-refractivity contribution in [3.63, 3.8) is 0 Å². The molecule has 0 unspecified atom stereocenters. The minimum absolute atomic E-state index is 0.00452. The fourth-order valence-electron chi connectivity index (χ4n) is 1.07. The Morgan fingerprint density at radius 1 is 1.21 bits per heavy atom. The molecule has 0 atom stereocenters. The summed E-state index contributed by atoms with van der Waals surface area (Å²) >= 11 is 2.11. The maximum Gasteiger partial charge on any atom is 0.221 e. The number of benzene rings is 1. The van der Waals surface area contributed by atoms with Gasteiger partial charge < -0.3 is 5.32 Å². The predicted octanol–water partition coefficient (Wildman–Crippen LogP) is 2.45. The molecule has 0 saturated carbocycles. The molecule has 0 spiro atoms. The van der Waals surface area contributed by atoms with Gasteiger partial charge in [0.05, 0.1) is 0 Å². The first-order valence-electron chi connectivity index (χ1n) is 4.08. The Labute approximate surface area is 96.0 Å². The Morgan fingerprint density at radius 3 is 2.36 bits per heavy atom. The van der Waals surface area contributed by atoms with E-state index in [0.29, 0.717) is 11.3 Å². The molecule has 0 heterocycles. The maximum atomic E-state index is 11.1. The zero-order valence-corrected chi connectivity index (χ0v) is 10.1. The lowest BCUT2D eigenvalue weighted by atomic mass is 10.1. The third kappa shape index (κ3) is 3.10. The summed E-state index contributed by atoms with van der Waals surface area (Å²) in [7, 11) is 0. The first-order chi connectivity index (χ1) is 6.49. The van der Waals surface area contributed by atoms with Crippen molar-refractivity contribution in [2.45, 2.75) is 13.8 Å². The van der Waals surface area contributed by atoms with Crippen molar-refractivity contribution < 1.29 is 9.59 Å². The van der Waals surface area contributed by atoms with Crippen LogP contribution in [-0.4, -0.2) is 11.7 Å². The fourth-order valence-corrected chi connectivity index (χ4v) is 1.74.